The molecule has 0 aromatic heterocycles. The minimum Gasteiger partial charge on any atom is -0.356 e. The number of benzene rings is 2. The molecule has 8 heteroatoms. The highest BCUT2D eigenvalue weighted by Gasteiger charge is 2.33. The van der Waals surface area contributed by atoms with Crippen molar-refractivity contribution >= 4 is 27.7 Å². The molecule has 1 saturated heterocycles. The van der Waals surface area contributed by atoms with E-state index in [9.17, 15) is 18.5 Å². The second-order valence-corrected chi connectivity index (χ2v) is 10.2. The Hall–Kier alpha value is -2.34. The predicted molar refractivity (Wildman–Crippen MR) is 117 cm³/mol. The molecule has 2 aromatic rings. The maximum absolute atomic E-state index is 12.9. The number of piperidine rings is 1. The molecule has 158 valence electrons. The maximum atomic E-state index is 12.9. The maximum Gasteiger partial charge on any atom is 0.244 e. The highest BCUT2D eigenvalue weighted by molar-refractivity contribution is 7.99. The fraction of sp³-hybridized carbons (Fsp3) is 0.364. The van der Waals surface area contributed by atoms with Crippen molar-refractivity contribution in [2.24, 2.45) is 5.92 Å². The van der Waals surface area contributed by atoms with E-state index in [0.29, 0.717) is 19.4 Å². The van der Waals surface area contributed by atoms with Gasteiger partial charge in [0.15, 0.2) is 0 Å². The monoisotopic (exact) mass is 443 g/mol. The van der Waals surface area contributed by atoms with E-state index in [1.807, 2.05) is 24.3 Å². The SMILES string of the molecule is N#Cc1ccccc1S(=O)(=O)N1CCC(C(=O)NCCCSc2ccccc2)CC1. The standard InChI is InChI=1S/C22H25N3O3S2/c23-17-19-7-4-5-10-21(19)30(27,28)25-14-11-18(12-15-25)22(26)24-13-6-16-29-20-8-2-1-3-9-20/h1-5,7-10,18H,6,11-16H2,(H,24,26). The number of amides is 1. The first-order chi connectivity index (χ1) is 14.5. The molecule has 1 N–H and O–H groups in total. The number of rotatable bonds is 8. The van der Waals surface area contributed by atoms with Crippen LogP contribution < -0.4 is 5.32 Å². The first-order valence-corrected chi connectivity index (χ1v) is 12.4. The topological polar surface area (TPSA) is 90.3 Å². The largest absolute Gasteiger partial charge is 0.356 e. The van der Waals surface area contributed by atoms with E-state index < -0.39 is 10.0 Å². The van der Waals surface area contributed by atoms with Crippen LogP contribution in [0.3, 0.4) is 0 Å². The number of nitrogens with one attached hydrogen (secondary N) is 1. The number of nitrogens with zero attached hydrogens (tertiary/aromatic N) is 2. The van der Waals surface area contributed by atoms with Gasteiger partial charge in [0.2, 0.25) is 15.9 Å². The van der Waals surface area contributed by atoms with E-state index in [2.05, 4.69) is 17.4 Å². The minimum atomic E-state index is -3.73. The smallest absolute Gasteiger partial charge is 0.244 e. The number of nitriles is 1. The van der Waals surface area contributed by atoms with Gasteiger partial charge in [-0.05, 0) is 49.3 Å². The summed E-state index contributed by atoms with van der Waals surface area (Å²) in [7, 11) is -3.73. The Labute approximate surface area is 182 Å². The molecular weight excluding hydrogens is 418 g/mol. The summed E-state index contributed by atoms with van der Waals surface area (Å²) in [6.45, 7) is 1.18. The molecule has 1 aliphatic heterocycles. The third-order valence-electron chi connectivity index (χ3n) is 5.08. The van der Waals surface area contributed by atoms with Crippen LogP contribution in [0.5, 0.6) is 0 Å². The summed E-state index contributed by atoms with van der Waals surface area (Å²) in [6, 6.07) is 18.3. The molecule has 0 unspecified atom stereocenters. The highest BCUT2D eigenvalue weighted by Crippen LogP contribution is 2.25. The lowest BCUT2D eigenvalue weighted by molar-refractivity contribution is -0.126. The van der Waals surface area contributed by atoms with Crippen molar-refractivity contribution in [3.8, 4) is 6.07 Å². The molecule has 30 heavy (non-hydrogen) atoms. The van der Waals surface area contributed by atoms with E-state index in [0.717, 1.165) is 12.2 Å². The van der Waals surface area contributed by atoms with Gasteiger partial charge < -0.3 is 5.32 Å². The first-order valence-electron chi connectivity index (χ1n) is 9.97. The average Bonchev–Trinajstić information content (AvgIpc) is 2.79. The molecule has 1 amide bonds. The number of hydrogen-bond acceptors (Lipinski definition) is 5. The van der Waals surface area contributed by atoms with Gasteiger partial charge in [-0.25, -0.2) is 8.42 Å². The van der Waals surface area contributed by atoms with Crippen LogP contribution in [0.1, 0.15) is 24.8 Å². The zero-order valence-corrected chi connectivity index (χ0v) is 18.3. The molecule has 3 rings (SSSR count). The number of carbonyl (C=O) groups is 1. The average molecular weight is 444 g/mol. The third kappa shape index (κ3) is 5.63. The van der Waals surface area contributed by atoms with Crippen molar-refractivity contribution in [1.29, 1.82) is 5.26 Å². The van der Waals surface area contributed by atoms with Gasteiger partial charge in [0.1, 0.15) is 6.07 Å². The van der Waals surface area contributed by atoms with Gasteiger partial charge in [-0.3, -0.25) is 4.79 Å². The lowest BCUT2D eigenvalue weighted by Crippen LogP contribution is -2.43. The molecule has 2 aromatic carbocycles. The molecule has 0 bridgehead atoms. The second kappa shape index (κ2) is 10.6. The summed E-state index contributed by atoms with van der Waals surface area (Å²) >= 11 is 1.76. The van der Waals surface area contributed by atoms with Crippen LogP contribution in [-0.2, 0) is 14.8 Å². The molecule has 0 aliphatic carbocycles. The van der Waals surface area contributed by atoms with Crippen LogP contribution in [0, 0.1) is 17.2 Å². The first kappa shape index (κ1) is 22.3. The van der Waals surface area contributed by atoms with E-state index in [-0.39, 0.29) is 35.4 Å². The van der Waals surface area contributed by atoms with Gasteiger partial charge in [0, 0.05) is 30.4 Å². The number of sulfonamides is 1. The van der Waals surface area contributed by atoms with Crippen molar-refractivity contribution in [2.75, 3.05) is 25.4 Å². The molecule has 6 nitrogen and oxygen atoms in total. The zero-order chi connectivity index (χ0) is 21.4. The van der Waals surface area contributed by atoms with Crippen LogP contribution in [0.4, 0.5) is 0 Å². The predicted octanol–water partition coefficient (Wildman–Crippen LogP) is 3.26. The molecule has 0 atom stereocenters. The van der Waals surface area contributed by atoms with E-state index in [1.54, 1.807) is 23.9 Å². The molecule has 1 aliphatic rings. The second-order valence-electron chi connectivity index (χ2n) is 7.09. The van der Waals surface area contributed by atoms with Gasteiger partial charge >= 0.3 is 0 Å². The Bertz CT molecular complexity index is 996. The van der Waals surface area contributed by atoms with Crippen LogP contribution in [0.15, 0.2) is 64.4 Å². The lowest BCUT2D eigenvalue weighted by Gasteiger charge is -2.30. The van der Waals surface area contributed by atoms with Crippen molar-refractivity contribution in [1.82, 2.24) is 9.62 Å². The van der Waals surface area contributed by atoms with Gasteiger partial charge in [-0.1, -0.05) is 30.3 Å². The molecule has 1 heterocycles. The van der Waals surface area contributed by atoms with Crippen molar-refractivity contribution in [3.63, 3.8) is 0 Å². The highest BCUT2D eigenvalue weighted by atomic mass is 32.2. The van der Waals surface area contributed by atoms with Gasteiger partial charge in [0.05, 0.1) is 10.5 Å². The van der Waals surface area contributed by atoms with Crippen molar-refractivity contribution < 1.29 is 13.2 Å². The Balaban J connectivity index is 1.43. The van der Waals surface area contributed by atoms with Crippen LogP contribution in [0.2, 0.25) is 0 Å². The van der Waals surface area contributed by atoms with Crippen molar-refractivity contribution in [3.05, 3.63) is 60.2 Å². The summed E-state index contributed by atoms with van der Waals surface area (Å²) in [5.41, 5.74) is 0.144. The Kier molecular flexibility index (Phi) is 7.91. The lowest BCUT2D eigenvalue weighted by atomic mass is 9.97. The van der Waals surface area contributed by atoms with E-state index >= 15 is 0 Å². The number of thioether (sulfide) groups is 1. The summed E-state index contributed by atoms with van der Waals surface area (Å²) < 4.78 is 27.1. The van der Waals surface area contributed by atoms with Crippen LogP contribution in [-0.4, -0.2) is 44.0 Å². The number of hydrogen-bond donors (Lipinski definition) is 1. The third-order valence-corrected chi connectivity index (χ3v) is 8.14. The Morgan fingerprint density at radius 1 is 1.10 bits per heavy atom. The fourth-order valence-corrected chi connectivity index (χ4v) is 5.90. The molecule has 0 spiro atoms. The van der Waals surface area contributed by atoms with E-state index in [1.165, 1.54) is 21.3 Å². The molecule has 1 fully saturated rings. The van der Waals surface area contributed by atoms with Gasteiger partial charge in [0.25, 0.3) is 0 Å². The van der Waals surface area contributed by atoms with Gasteiger partial charge in [-0.2, -0.15) is 9.57 Å². The Morgan fingerprint density at radius 2 is 1.77 bits per heavy atom. The van der Waals surface area contributed by atoms with Crippen LogP contribution >= 0.6 is 11.8 Å². The normalized spacial score (nSPS) is 15.4. The number of carbonyl (C=O) groups excluding carboxylic acids is 1. The van der Waals surface area contributed by atoms with Gasteiger partial charge in [-0.15, -0.1) is 11.8 Å². The molecular formula is C22H25N3O3S2. The summed E-state index contributed by atoms with van der Waals surface area (Å²) in [5.74, 6) is 0.748. The summed E-state index contributed by atoms with van der Waals surface area (Å²) in [5, 5.41) is 12.2. The zero-order valence-electron chi connectivity index (χ0n) is 16.7. The minimum absolute atomic E-state index is 0.00539. The fourth-order valence-electron chi connectivity index (χ4n) is 3.42. The van der Waals surface area contributed by atoms with E-state index in [4.69, 9.17) is 0 Å². The molecule has 0 saturated carbocycles. The molecule has 0 radical (unpaired) electrons. The summed E-state index contributed by atoms with van der Waals surface area (Å²) in [6.07, 6.45) is 1.85. The quantitative estimate of drug-likeness (QED) is 0.500. The van der Waals surface area contributed by atoms with Crippen LogP contribution in [0.25, 0.3) is 0 Å². The Morgan fingerprint density at radius 3 is 2.47 bits per heavy atom. The van der Waals surface area contributed by atoms with Crippen molar-refractivity contribution in [2.45, 2.75) is 29.1 Å². The summed E-state index contributed by atoms with van der Waals surface area (Å²) in [4.78, 5) is 13.7.